The van der Waals surface area contributed by atoms with Gasteiger partial charge < -0.3 is 0 Å². The van der Waals surface area contributed by atoms with Gasteiger partial charge in [0.2, 0.25) is 10.0 Å². The molecule has 0 aliphatic heterocycles. The van der Waals surface area contributed by atoms with Crippen molar-refractivity contribution in [3.05, 3.63) is 29.1 Å². The van der Waals surface area contributed by atoms with Crippen LogP contribution in [0.2, 0.25) is 0 Å². The van der Waals surface area contributed by atoms with Crippen LogP contribution >= 0.6 is 0 Å². The molecular weight excluding hydrogens is 277 g/mol. The predicted octanol–water partition coefficient (Wildman–Crippen LogP) is 3.16. The fraction of sp³-hybridized carbons (Fsp3) is 0.600. The quantitative estimate of drug-likeness (QED) is 0.908. The normalized spacial score (nSPS) is 17.5. The molecule has 0 bridgehead atoms. The van der Waals surface area contributed by atoms with Gasteiger partial charge in [0.25, 0.3) is 0 Å². The van der Waals surface area contributed by atoms with Gasteiger partial charge in [0.15, 0.2) is 0 Å². The second-order valence-electron chi connectivity index (χ2n) is 6.21. The molecule has 0 unspecified atom stereocenters. The molecule has 1 aromatic carbocycles. The van der Waals surface area contributed by atoms with E-state index in [-0.39, 0.29) is 10.3 Å². The van der Waals surface area contributed by atoms with Crippen molar-refractivity contribution in [3.63, 3.8) is 0 Å². The lowest BCUT2D eigenvalue weighted by Crippen LogP contribution is -2.33. The minimum absolute atomic E-state index is 0.106. The van der Waals surface area contributed by atoms with Crippen LogP contribution in [-0.4, -0.2) is 15.0 Å². The molecule has 0 aromatic heterocycles. The molecule has 0 amide bonds. The Balaban J connectivity index is 2.24. The van der Waals surface area contributed by atoms with Gasteiger partial charge in [-0.15, -0.1) is 0 Å². The number of rotatable bonds is 5. The summed E-state index contributed by atoms with van der Waals surface area (Å²) in [7, 11) is -3.58. The highest BCUT2D eigenvalue weighted by molar-refractivity contribution is 7.89. The van der Waals surface area contributed by atoms with Gasteiger partial charge in [-0.25, -0.2) is 17.5 Å². The van der Waals surface area contributed by atoms with Gasteiger partial charge in [0, 0.05) is 6.54 Å². The lowest BCUT2D eigenvalue weighted by Gasteiger charge is -2.21. The van der Waals surface area contributed by atoms with Gasteiger partial charge in [-0.3, -0.25) is 0 Å². The Labute approximate surface area is 120 Å². The lowest BCUT2D eigenvalue weighted by atomic mass is 9.93. The maximum absolute atomic E-state index is 13.3. The first-order chi connectivity index (χ1) is 9.18. The Morgan fingerprint density at radius 3 is 2.15 bits per heavy atom. The van der Waals surface area contributed by atoms with Crippen molar-refractivity contribution >= 4 is 10.0 Å². The summed E-state index contributed by atoms with van der Waals surface area (Å²) >= 11 is 0. The van der Waals surface area contributed by atoms with Crippen LogP contribution < -0.4 is 4.72 Å². The maximum Gasteiger partial charge on any atom is 0.241 e. The molecule has 0 heterocycles. The predicted molar refractivity (Wildman–Crippen MR) is 77.6 cm³/mol. The summed E-state index contributed by atoms with van der Waals surface area (Å²) < 4.78 is 40.9. The number of hydrogen-bond donors (Lipinski definition) is 1. The summed E-state index contributed by atoms with van der Waals surface area (Å²) in [6, 6.07) is 2.52. The third kappa shape index (κ3) is 2.88. The van der Waals surface area contributed by atoms with Gasteiger partial charge in [-0.05, 0) is 61.3 Å². The average Bonchev–Trinajstić information content (AvgIpc) is 3.05. The molecule has 112 valence electrons. The van der Waals surface area contributed by atoms with Crippen LogP contribution in [0.15, 0.2) is 17.0 Å². The molecule has 1 aliphatic carbocycles. The molecule has 1 saturated carbocycles. The second kappa shape index (κ2) is 5.11. The van der Waals surface area contributed by atoms with Crippen LogP contribution in [0.25, 0.3) is 0 Å². The first-order valence-electron chi connectivity index (χ1n) is 6.94. The largest absolute Gasteiger partial charge is 0.241 e. The second-order valence-corrected chi connectivity index (χ2v) is 7.91. The Kier molecular flexibility index (Phi) is 3.95. The molecule has 1 aliphatic rings. The van der Waals surface area contributed by atoms with Crippen LogP contribution in [0, 0.1) is 31.0 Å². The monoisotopic (exact) mass is 299 g/mol. The van der Waals surface area contributed by atoms with Crippen LogP contribution in [0.1, 0.15) is 37.8 Å². The van der Waals surface area contributed by atoms with Gasteiger partial charge >= 0.3 is 0 Å². The highest BCUT2D eigenvalue weighted by atomic mass is 32.2. The molecule has 0 radical (unpaired) electrons. The highest BCUT2D eigenvalue weighted by Gasteiger charge is 2.45. The minimum Gasteiger partial charge on any atom is -0.211 e. The molecule has 0 spiro atoms. The molecule has 5 heteroatoms. The average molecular weight is 299 g/mol. The van der Waals surface area contributed by atoms with Gasteiger partial charge in [0.1, 0.15) is 5.82 Å². The number of nitrogens with one attached hydrogen (secondary N) is 1. The zero-order valence-corrected chi connectivity index (χ0v) is 13.3. The summed E-state index contributed by atoms with van der Waals surface area (Å²) in [6.45, 7) is 7.95. The molecular formula is C15H22FNO2S. The number of hydrogen-bond acceptors (Lipinski definition) is 2. The minimum atomic E-state index is -3.58. The number of sulfonamides is 1. The van der Waals surface area contributed by atoms with Gasteiger partial charge in [0.05, 0.1) is 4.90 Å². The van der Waals surface area contributed by atoms with Crippen molar-refractivity contribution in [3.8, 4) is 0 Å². The van der Waals surface area contributed by atoms with E-state index in [1.807, 2.05) is 0 Å². The van der Waals surface area contributed by atoms with E-state index in [9.17, 15) is 12.8 Å². The smallest absolute Gasteiger partial charge is 0.211 e. The van der Waals surface area contributed by atoms with E-state index >= 15 is 0 Å². The molecule has 1 aromatic rings. The summed E-state index contributed by atoms with van der Waals surface area (Å²) in [6.07, 6.45) is 2.13. The molecule has 1 fully saturated rings. The van der Waals surface area contributed by atoms with Crippen molar-refractivity contribution in [2.45, 2.75) is 45.4 Å². The first kappa shape index (κ1) is 15.4. The Bertz CT molecular complexity index is 596. The first-order valence-corrected chi connectivity index (χ1v) is 8.43. The van der Waals surface area contributed by atoms with E-state index in [1.54, 1.807) is 13.8 Å². The third-order valence-corrected chi connectivity index (χ3v) is 6.13. The topological polar surface area (TPSA) is 46.2 Å². The number of aryl methyl sites for hydroxylation is 2. The Morgan fingerprint density at radius 1 is 1.25 bits per heavy atom. The van der Waals surface area contributed by atoms with E-state index in [0.29, 0.717) is 23.6 Å². The van der Waals surface area contributed by atoms with Gasteiger partial charge in [-0.1, -0.05) is 13.8 Å². The molecule has 3 nitrogen and oxygen atoms in total. The third-order valence-electron chi connectivity index (χ3n) is 4.43. The van der Waals surface area contributed by atoms with Crippen molar-refractivity contribution in [2.24, 2.45) is 11.3 Å². The van der Waals surface area contributed by atoms with Crippen molar-refractivity contribution in [2.75, 3.05) is 6.54 Å². The fourth-order valence-corrected chi connectivity index (χ4v) is 4.34. The van der Waals surface area contributed by atoms with E-state index < -0.39 is 15.8 Å². The van der Waals surface area contributed by atoms with Gasteiger partial charge in [-0.2, -0.15) is 0 Å². The summed E-state index contributed by atoms with van der Waals surface area (Å²) in [4.78, 5) is 0.207. The van der Waals surface area contributed by atoms with E-state index in [1.165, 1.54) is 12.1 Å². The molecule has 20 heavy (non-hydrogen) atoms. The molecule has 0 saturated heterocycles. The molecule has 2 rings (SSSR count). The van der Waals surface area contributed by atoms with Crippen LogP contribution in [0.4, 0.5) is 4.39 Å². The molecule has 0 atom stereocenters. The summed E-state index contributed by atoms with van der Waals surface area (Å²) in [5.41, 5.74) is 1.00. The summed E-state index contributed by atoms with van der Waals surface area (Å²) in [5.74, 6) is 0.0559. The Hall–Kier alpha value is -0.940. The summed E-state index contributed by atoms with van der Waals surface area (Å²) in [5, 5.41) is 0. The zero-order chi connectivity index (χ0) is 15.1. The lowest BCUT2D eigenvalue weighted by molar-refractivity contribution is 0.357. The van der Waals surface area contributed by atoms with Crippen molar-refractivity contribution in [1.29, 1.82) is 0 Å². The van der Waals surface area contributed by atoms with Crippen LogP contribution in [0.3, 0.4) is 0 Å². The molecule has 1 N–H and O–H groups in total. The standard InChI is InChI=1S/C15H22FNO2S/c1-10(2)15(5-6-15)9-17-20(18,19)14-11(3)7-13(16)8-12(14)4/h7-8,10,17H,5-6,9H2,1-4H3. The van der Waals surface area contributed by atoms with E-state index in [0.717, 1.165) is 12.8 Å². The van der Waals surface area contributed by atoms with Crippen molar-refractivity contribution in [1.82, 2.24) is 4.72 Å². The Morgan fingerprint density at radius 2 is 1.75 bits per heavy atom. The van der Waals surface area contributed by atoms with Crippen molar-refractivity contribution < 1.29 is 12.8 Å². The van der Waals surface area contributed by atoms with E-state index in [4.69, 9.17) is 0 Å². The van der Waals surface area contributed by atoms with Crippen LogP contribution in [-0.2, 0) is 10.0 Å². The number of benzene rings is 1. The fourth-order valence-electron chi connectivity index (χ4n) is 2.75. The zero-order valence-electron chi connectivity index (χ0n) is 12.5. The highest BCUT2D eigenvalue weighted by Crippen LogP contribution is 2.51. The van der Waals surface area contributed by atoms with E-state index in [2.05, 4.69) is 18.6 Å². The SMILES string of the molecule is Cc1cc(F)cc(C)c1S(=O)(=O)NCC1(C(C)C)CC1. The van der Waals surface area contributed by atoms with Crippen LogP contribution in [0.5, 0.6) is 0 Å². The number of halogens is 1. The maximum atomic E-state index is 13.3.